The number of benzene rings is 1. The summed E-state index contributed by atoms with van der Waals surface area (Å²) in [6.07, 6.45) is 2.36. The van der Waals surface area contributed by atoms with Gasteiger partial charge >= 0.3 is 5.70 Å². The number of nitriles is 1. The second kappa shape index (κ2) is 6.54. The summed E-state index contributed by atoms with van der Waals surface area (Å²) in [6, 6.07) is 11.2. The Hall–Kier alpha value is -3.15. The number of aromatic nitrogens is 1. The van der Waals surface area contributed by atoms with Gasteiger partial charge in [-0.3, -0.25) is 15.1 Å². The molecular weight excluding hydrogens is 368 g/mol. The number of para-hydroxylation sites is 1. The Kier molecular flexibility index (Phi) is 4.18. The number of pyridine rings is 1. The third kappa shape index (κ3) is 2.77. The topological polar surface area (TPSA) is 112 Å². The number of hydrogen-bond acceptors (Lipinski definition) is 7. The Bertz CT molecular complexity index is 1060. The Morgan fingerprint density at radius 2 is 2.15 bits per heavy atom. The molecule has 3 heterocycles. The van der Waals surface area contributed by atoms with E-state index in [0.717, 1.165) is 11.8 Å². The molecule has 2 aromatic rings. The average molecular weight is 383 g/mol. The quantitative estimate of drug-likeness (QED) is 0.367. The lowest BCUT2D eigenvalue weighted by Gasteiger charge is -2.38. The molecule has 1 atom stereocenters. The molecule has 27 heavy (non-hydrogen) atoms. The molecule has 2 aliphatic rings. The zero-order valence-electron chi connectivity index (χ0n) is 14.2. The van der Waals surface area contributed by atoms with Crippen molar-refractivity contribution in [3.05, 3.63) is 74.5 Å². The van der Waals surface area contributed by atoms with Gasteiger partial charge in [-0.1, -0.05) is 29.8 Å². The Morgan fingerprint density at radius 3 is 2.89 bits per heavy atom. The highest BCUT2D eigenvalue weighted by Gasteiger charge is 2.43. The number of allylic oxidation sites excluding steroid dienone is 1. The van der Waals surface area contributed by atoms with E-state index in [2.05, 4.69) is 11.1 Å². The summed E-state index contributed by atoms with van der Waals surface area (Å²) in [7, 11) is 0. The molecule has 0 amide bonds. The fraction of sp³-hybridized carbons (Fsp3) is 0.222. The van der Waals surface area contributed by atoms with Crippen LogP contribution < -0.4 is 5.84 Å². The largest absolute Gasteiger partial charge is 0.327 e. The molecule has 0 saturated carbocycles. The predicted octanol–water partition coefficient (Wildman–Crippen LogP) is 2.72. The molecular formula is C18H15ClN6O2. The second-order valence-corrected chi connectivity index (χ2v) is 6.75. The van der Waals surface area contributed by atoms with Crippen LogP contribution in [0.25, 0.3) is 10.9 Å². The normalized spacial score (nSPS) is 19.6. The van der Waals surface area contributed by atoms with Crippen molar-refractivity contribution < 1.29 is 4.92 Å². The van der Waals surface area contributed by atoms with Crippen molar-refractivity contribution in [1.29, 1.82) is 5.26 Å². The van der Waals surface area contributed by atoms with Crippen LogP contribution in [0.5, 0.6) is 0 Å². The molecule has 1 aromatic heterocycles. The maximum Gasteiger partial charge on any atom is 0.300 e. The van der Waals surface area contributed by atoms with Gasteiger partial charge in [0.05, 0.1) is 22.1 Å². The minimum absolute atomic E-state index is 0.132. The molecule has 0 spiro atoms. The highest BCUT2D eigenvalue weighted by molar-refractivity contribution is 6.30. The minimum Gasteiger partial charge on any atom is -0.327 e. The van der Waals surface area contributed by atoms with Crippen LogP contribution in [0.15, 0.2) is 53.6 Å². The lowest BCUT2D eigenvalue weighted by molar-refractivity contribution is -0.433. The number of rotatable bonds is 2. The van der Waals surface area contributed by atoms with Crippen LogP contribution in [-0.2, 0) is 0 Å². The first-order valence-corrected chi connectivity index (χ1v) is 8.73. The lowest BCUT2D eigenvalue weighted by atomic mass is 9.87. The smallest absolute Gasteiger partial charge is 0.300 e. The number of nitrogens with two attached hydrogens (primary N) is 1. The maximum absolute atomic E-state index is 12.0. The summed E-state index contributed by atoms with van der Waals surface area (Å²) in [5, 5.41) is 24.0. The lowest BCUT2D eigenvalue weighted by Crippen LogP contribution is -2.47. The third-order valence-corrected chi connectivity index (χ3v) is 5.09. The van der Waals surface area contributed by atoms with Crippen molar-refractivity contribution >= 4 is 22.5 Å². The molecule has 0 bridgehead atoms. The molecule has 0 aliphatic carbocycles. The van der Waals surface area contributed by atoms with E-state index in [0.29, 0.717) is 30.0 Å². The van der Waals surface area contributed by atoms with Gasteiger partial charge < -0.3 is 4.90 Å². The number of hydrogen-bond donors (Lipinski definition) is 1. The Balaban J connectivity index is 1.98. The fourth-order valence-electron chi connectivity index (χ4n) is 3.63. The molecule has 1 unspecified atom stereocenters. The van der Waals surface area contributed by atoms with Crippen molar-refractivity contribution in [3.63, 3.8) is 0 Å². The van der Waals surface area contributed by atoms with Crippen LogP contribution in [0.4, 0.5) is 0 Å². The second-order valence-electron chi connectivity index (χ2n) is 6.40. The average Bonchev–Trinajstić information content (AvgIpc) is 2.66. The van der Waals surface area contributed by atoms with Crippen molar-refractivity contribution in [1.82, 2.24) is 14.9 Å². The van der Waals surface area contributed by atoms with Crippen molar-refractivity contribution in [2.45, 2.75) is 12.3 Å². The molecule has 2 aliphatic heterocycles. The van der Waals surface area contributed by atoms with Gasteiger partial charge in [0.25, 0.3) is 0 Å². The van der Waals surface area contributed by atoms with E-state index in [4.69, 9.17) is 17.4 Å². The van der Waals surface area contributed by atoms with Gasteiger partial charge in [-0.15, -0.1) is 0 Å². The number of nitrogens with zero attached hydrogens (tertiary/aromatic N) is 5. The summed E-state index contributed by atoms with van der Waals surface area (Å²) in [6.45, 7) is 1.05. The Labute approximate surface area is 159 Å². The summed E-state index contributed by atoms with van der Waals surface area (Å²) in [5.74, 6) is 5.39. The van der Waals surface area contributed by atoms with Gasteiger partial charge in [0.1, 0.15) is 11.1 Å². The van der Waals surface area contributed by atoms with Crippen LogP contribution in [-0.4, -0.2) is 32.9 Å². The number of hydrazine groups is 1. The van der Waals surface area contributed by atoms with E-state index in [-0.39, 0.29) is 16.4 Å². The molecule has 136 valence electrons. The van der Waals surface area contributed by atoms with Gasteiger partial charge in [0, 0.05) is 30.2 Å². The number of fused-ring (bicyclic) bond motifs is 2. The minimum atomic E-state index is -0.940. The summed E-state index contributed by atoms with van der Waals surface area (Å²) < 4.78 is 0. The van der Waals surface area contributed by atoms with E-state index < -0.39 is 10.8 Å². The van der Waals surface area contributed by atoms with Crippen molar-refractivity contribution in [2.24, 2.45) is 5.84 Å². The first-order chi connectivity index (χ1) is 13.0. The van der Waals surface area contributed by atoms with E-state index in [1.165, 1.54) is 5.01 Å². The SMILES string of the molecule is N#CC1=CN2CCCN(N)C2=C([N+](=O)[O-])C1c1cc2ccccc2nc1Cl. The van der Waals surface area contributed by atoms with E-state index in [9.17, 15) is 15.4 Å². The van der Waals surface area contributed by atoms with Crippen molar-refractivity contribution in [2.75, 3.05) is 13.1 Å². The highest BCUT2D eigenvalue weighted by atomic mass is 35.5. The molecule has 1 aromatic carbocycles. The Morgan fingerprint density at radius 1 is 1.37 bits per heavy atom. The zero-order chi connectivity index (χ0) is 19.1. The van der Waals surface area contributed by atoms with Crippen LogP contribution in [0.2, 0.25) is 5.15 Å². The highest BCUT2D eigenvalue weighted by Crippen LogP contribution is 2.42. The standard InChI is InChI=1S/C18H15ClN6O2/c19-17-13(8-11-4-1-2-5-14(11)22-17)15-12(9-20)10-23-6-3-7-24(21)18(23)16(15)25(26)27/h1-2,4-5,8,10,15H,3,6-7,21H2. The van der Waals surface area contributed by atoms with E-state index in [1.807, 2.05) is 24.3 Å². The third-order valence-electron chi connectivity index (χ3n) is 4.79. The van der Waals surface area contributed by atoms with Gasteiger partial charge in [-0.05, 0) is 18.6 Å². The van der Waals surface area contributed by atoms with Crippen molar-refractivity contribution in [3.8, 4) is 6.07 Å². The monoisotopic (exact) mass is 382 g/mol. The first-order valence-electron chi connectivity index (χ1n) is 8.35. The maximum atomic E-state index is 12.0. The summed E-state index contributed by atoms with van der Waals surface area (Å²) in [5.41, 5.74) is 1.18. The van der Waals surface area contributed by atoms with Crippen LogP contribution in [0.1, 0.15) is 17.9 Å². The van der Waals surface area contributed by atoms with Crippen LogP contribution >= 0.6 is 11.6 Å². The molecule has 9 heteroatoms. The van der Waals surface area contributed by atoms with Gasteiger partial charge in [0.15, 0.2) is 5.82 Å². The number of nitro groups is 1. The zero-order valence-corrected chi connectivity index (χ0v) is 14.9. The molecule has 2 N–H and O–H groups in total. The fourth-order valence-corrected chi connectivity index (χ4v) is 3.89. The number of halogens is 1. The molecule has 0 radical (unpaired) electrons. The molecule has 1 saturated heterocycles. The van der Waals surface area contributed by atoms with Gasteiger partial charge in [-0.25, -0.2) is 10.8 Å². The summed E-state index contributed by atoms with van der Waals surface area (Å²) in [4.78, 5) is 17.6. The van der Waals surface area contributed by atoms with E-state index >= 15 is 0 Å². The summed E-state index contributed by atoms with van der Waals surface area (Å²) >= 11 is 6.39. The predicted molar refractivity (Wildman–Crippen MR) is 99.4 cm³/mol. The molecule has 1 fully saturated rings. The van der Waals surface area contributed by atoms with E-state index in [1.54, 1.807) is 17.2 Å². The van der Waals surface area contributed by atoms with Crippen LogP contribution in [0.3, 0.4) is 0 Å². The molecule has 8 nitrogen and oxygen atoms in total. The van der Waals surface area contributed by atoms with Gasteiger partial charge in [-0.2, -0.15) is 5.26 Å². The first kappa shape index (κ1) is 17.3. The molecule has 4 rings (SSSR count). The van der Waals surface area contributed by atoms with Gasteiger partial charge in [0.2, 0.25) is 0 Å². The van der Waals surface area contributed by atoms with Crippen LogP contribution in [0, 0.1) is 21.4 Å².